The van der Waals surface area contributed by atoms with Crippen molar-refractivity contribution in [2.45, 2.75) is 12.5 Å². The van der Waals surface area contributed by atoms with Crippen LogP contribution >= 0.6 is 11.6 Å². The molecule has 82 valence electrons. The van der Waals surface area contributed by atoms with Gasteiger partial charge in [-0.05, 0) is 14.0 Å². The largest absolute Gasteiger partial charge is 0.480 e. The number of hydrogen-bond acceptors (Lipinski definition) is 3. The average molecular weight is 223 g/mol. The van der Waals surface area contributed by atoms with Crippen LogP contribution < -0.4 is 5.32 Å². The molecule has 0 radical (unpaired) electrons. The summed E-state index contributed by atoms with van der Waals surface area (Å²) in [4.78, 5) is 23.3. The Morgan fingerprint density at radius 3 is 2.36 bits per heavy atom. The van der Waals surface area contributed by atoms with Gasteiger partial charge in [0.1, 0.15) is 11.4 Å². The van der Waals surface area contributed by atoms with E-state index >= 15 is 0 Å². The number of nitrogens with one attached hydrogen (secondary N) is 1. The first-order valence-electron chi connectivity index (χ1n) is 4.09. The minimum atomic E-state index is -1.14. The molecule has 0 heterocycles. The molecule has 0 spiro atoms. The molecular formula is C8H15ClN2O3. The first-order valence-corrected chi connectivity index (χ1v) is 4.63. The SMILES string of the molecule is CNC(C)(CN(C)C(=O)CCl)C(=O)O. The Morgan fingerprint density at radius 2 is 2.07 bits per heavy atom. The zero-order valence-electron chi connectivity index (χ0n) is 8.50. The third-order valence-electron chi connectivity index (χ3n) is 2.12. The van der Waals surface area contributed by atoms with Gasteiger partial charge in [-0.15, -0.1) is 11.6 Å². The summed E-state index contributed by atoms with van der Waals surface area (Å²) < 4.78 is 0. The number of alkyl halides is 1. The fourth-order valence-electron chi connectivity index (χ4n) is 0.918. The second-order valence-corrected chi connectivity index (χ2v) is 3.54. The van der Waals surface area contributed by atoms with Gasteiger partial charge in [0.2, 0.25) is 5.91 Å². The molecule has 0 saturated carbocycles. The number of amides is 1. The monoisotopic (exact) mass is 222 g/mol. The maximum absolute atomic E-state index is 11.1. The number of carboxylic acid groups (broad SMARTS) is 1. The maximum Gasteiger partial charge on any atom is 0.325 e. The molecule has 0 aliphatic heterocycles. The third-order valence-corrected chi connectivity index (χ3v) is 2.35. The zero-order valence-corrected chi connectivity index (χ0v) is 9.26. The van der Waals surface area contributed by atoms with Crippen molar-refractivity contribution in [3.8, 4) is 0 Å². The van der Waals surface area contributed by atoms with Crippen LogP contribution in [0.1, 0.15) is 6.92 Å². The zero-order chi connectivity index (χ0) is 11.4. The molecule has 1 atom stereocenters. The lowest BCUT2D eigenvalue weighted by Crippen LogP contribution is -2.56. The summed E-state index contributed by atoms with van der Waals surface area (Å²) in [6, 6.07) is 0. The van der Waals surface area contributed by atoms with Crippen LogP contribution in [0.5, 0.6) is 0 Å². The molecule has 0 aliphatic rings. The summed E-state index contributed by atoms with van der Waals surface area (Å²) in [5.74, 6) is -1.45. The summed E-state index contributed by atoms with van der Waals surface area (Å²) in [5.41, 5.74) is -1.14. The first-order chi connectivity index (χ1) is 6.37. The van der Waals surface area contributed by atoms with E-state index in [9.17, 15) is 9.59 Å². The lowest BCUT2D eigenvalue weighted by Gasteiger charge is -2.29. The summed E-state index contributed by atoms with van der Waals surface area (Å²) in [6.45, 7) is 1.58. The summed E-state index contributed by atoms with van der Waals surface area (Å²) in [7, 11) is 3.05. The molecule has 0 aliphatic carbocycles. The van der Waals surface area contributed by atoms with Crippen molar-refractivity contribution in [3.05, 3.63) is 0 Å². The van der Waals surface area contributed by atoms with Crippen LogP contribution in [-0.2, 0) is 9.59 Å². The van der Waals surface area contributed by atoms with E-state index in [1.54, 1.807) is 0 Å². The van der Waals surface area contributed by atoms with E-state index in [4.69, 9.17) is 16.7 Å². The summed E-state index contributed by atoms with van der Waals surface area (Å²) in [5, 5.41) is 11.6. The number of likely N-dealkylation sites (N-methyl/N-ethyl adjacent to an activating group) is 2. The van der Waals surface area contributed by atoms with Gasteiger partial charge in [0.15, 0.2) is 0 Å². The topological polar surface area (TPSA) is 69.6 Å². The van der Waals surface area contributed by atoms with Crippen molar-refractivity contribution in [3.63, 3.8) is 0 Å². The highest BCUT2D eigenvalue weighted by molar-refractivity contribution is 6.27. The van der Waals surface area contributed by atoms with Crippen LogP contribution in [0.25, 0.3) is 0 Å². The van der Waals surface area contributed by atoms with Crippen molar-refractivity contribution >= 4 is 23.5 Å². The molecule has 0 aromatic rings. The fraction of sp³-hybridized carbons (Fsp3) is 0.750. The summed E-state index contributed by atoms with van der Waals surface area (Å²) in [6.07, 6.45) is 0. The third kappa shape index (κ3) is 3.16. The van der Waals surface area contributed by atoms with Gasteiger partial charge < -0.3 is 15.3 Å². The lowest BCUT2D eigenvalue weighted by atomic mass is 10.0. The molecule has 0 aromatic carbocycles. The van der Waals surface area contributed by atoms with E-state index in [0.717, 1.165) is 0 Å². The second-order valence-electron chi connectivity index (χ2n) is 3.27. The van der Waals surface area contributed by atoms with Crippen LogP contribution in [0.4, 0.5) is 0 Å². The van der Waals surface area contributed by atoms with E-state index in [2.05, 4.69) is 5.32 Å². The van der Waals surface area contributed by atoms with Gasteiger partial charge in [-0.2, -0.15) is 0 Å². The number of carbonyl (C=O) groups excluding carboxylic acids is 1. The Balaban J connectivity index is 4.46. The van der Waals surface area contributed by atoms with Crippen molar-refractivity contribution in [2.24, 2.45) is 0 Å². The first kappa shape index (κ1) is 13.2. The van der Waals surface area contributed by atoms with E-state index in [0.29, 0.717) is 0 Å². The number of nitrogens with zero attached hydrogens (tertiary/aromatic N) is 1. The van der Waals surface area contributed by atoms with E-state index < -0.39 is 11.5 Å². The molecule has 0 aromatic heterocycles. The van der Waals surface area contributed by atoms with Crippen molar-refractivity contribution < 1.29 is 14.7 Å². The second kappa shape index (κ2) is 5.17. The highest BCUT2D eigenvalue weighted by Crippen LogP contribution is 2.05. The molecule has 1 amide bonds. The molecular weight excluding hydrogens is 208 g/mol. The molecule has 1 unspecified atom stereocenters. The van der Waals surface area contributed by atoms with Crippen molar-refractivity contribution in [1.29, 1.82) is 0 Å². The molecule has 0 fully saturated rings. The van der Waals surface area contributed by atoms with Gasteiger partial charge >= 0.3 is 5.97 Å². The minimum Gasteiger partial charge on any atom is -0.480 e. The van der Waals surface area contributed by atoms with Gasteiger partial charge in [0.25, 0.3) is 0 Å². The van der Waals surface area contributed by atoms with E-state index in [1.807, 2.05) is 0 Å². The molecule has 14 heavy (non-hydrogen) atoms. The highest BCUT2D eigenvalue weighted by atomic mass is 35.5. The molecule has 5 nitrogen and oxygen atoms in total. The Bertz CT molecular complexity index is 235. The fourth-order valence-corrected chi connectivity index (χ4v) is 1.12. The molecule has 0 rings (SSSR count). The Labute approximate surface area is 88.0 Å². The Kier molecular flexibility index (Phi) is 4.87. The number of carbonyl (C=O) groups is 2. The molecule has 0 bridgehead atoms. The maximum atomic E-state index is 11.1. The van der Waals surface area contributed by atoms with Crippen LogP contribution in [0.2, 0.25) is 0 Å². The predicted octanol–water partition coefficient (Wildman–Crippen LogP) is -0.254. The van der Waals surface area contributed by atoms with E-state index in [-0.39, 0.29) is 18.3 Å². The van der Waals surface area contributed by atoms with Gasteiger partial charge in [-0.3, -0.25) is 9.59 Å². The minimum absolute atomic E-state index is 0.0738. The number of halogens is 1. The van der Waals surface area contributed by atoms with Crippen molar-refractivity contribution in [2.75, 3.05) is 26.5 Å². The highest BCUT2D eigenvalue weighted by Gasteiger charge is 2.33. The summed E-state index contributed by atoms with van der Waals surface area (Å²) >= 11 is 5.34. The van der Waals surface area contributed by atoms with E-state index in [1.165, 1.54) is 25.9 Å². The van der Waals surface area contributed by atoms with Crippen LogP contribution in [0.3, 0.4) is 0 Å². The van der Waals surface area contributed by atoms with Crippen molar-refractivity contribution in [1.82, 2.24) is 10.2 Å². The van der Waals surface area contributed by atoms with Crippen LogP contribution in [0.15, 0.2) is 0 Å². The van der Waals surface area contributed by atoms with Crippen LogP contribution in [0, 0.1) is 0 Å². The normalized spacial score (nSPS) is 14.6. The smallest absolute Gasteiger partial charge is 0.325 e. The number of carboxylic acids is 1. The number of aliphatic carboxylic acids is 1. The standard InChI is InChI=1S/C8H15ClN2O3/c1-8(10-2,7(13)14)5-11(3)6(12)4-9/h10H,4-5H2,1-3H3,(H,13,14). The predicted molar refractivity (Wildman–Crippen MR) is 53.5 cm³/mol. The molecule has 2 N–H and O–H groups in total. The lowest BCUT2D eigenvalue weighted by molar-refractivity contribution is -0.145. The quantitative estimate of drug-likeness (QED) is 0.630. The number of hydrogen-bond donors (Lipinski definition) is 2. The Morgan fingerprint density at radius 1 is 1.57 bits per heavy atom. The van der Waals surface area contributed by atoms with Gasteiger partial charge in [-0.25, -0.2) is 0 Å². The van der Waals surface area contributed by atoms with Gasteiger partial charge in [0.05, 0.1) is 0 Å². The van der Waals surface area contributed by atoms with Gasteiger partial charge in [0, 0.05) is 13.6 Å². The van der Waals surface area contributed by atoms with Crippen LogP contribution in [-0.4, -0.2) is 53.9 Å². The Hall–Kier alpha value is -0.810. The average Bonchev–Trinajstić information content (AvgIpc) is 2.15. The number of rotatable bonds is 5. The molecule has 6 heteroatoms. The molecule has 0 saturated heterocycles. The van der Waals surface area contributed by atoms with Gasteiger partial charge in [-0.1, -0.05) is 0 Å².